The van der Waals surface area contributed by atoms with Gasteiger partial charge in [0.15, 0.2) is 11.6 Å². The van der Waals surface area contributed by atoms with Crippen LogP contribution < -0.4 is 0 Å². The molecule has 9 nitrogen and oxygen atoms in total. The molecule has 5 rings (SSSR count). The highest BCUT2D eigenvalue weighted by Crippen LogP contribution is 2.36. The summed E-state index contributed by atoms with van der Waals surface area (Å²) in [5, 5.41) is 19.0. The summed E-state index contributed by atoms with van der Waals surface area (Å²) in [5.74, 6) is -2.09. The fourth-order valence-corrected chi connectivity index (χ4v) is 7.96. The van der Waals surface area contributed by atoms with Crippen molar-refractivity contribution >= 4 is 24.1 Å². The van der Waals surface area contributed by atoms with Crippen LogP contribution in [-0.4, -0.2) is 70.3 Å². The highest BCUT2D eigenvalue weighted by Gasteiger charge is 2.43. The normalized spacial score (nSPS) is 28.1. The Morgan fingerprint density at radius 2 is 1.54 bits per heavy atom. The van der Waals surface area contributed by atoms with Gasteiger partial charge in [-0.3, -0.25) is 0 Å². The van der Waals surface area contributed by atoms with Gasteiger partial charge in [0.1, 0.15) is 6.10 Å². The molecule has 0 aliphatic carbocycles. The van der Waals surface area contributed by atoms with Crippen molar-refractivity contribution in [2.24, 2.45) is 11.8 Å². The number of cyclic esters (lactones) is 1. The fraction of sp³-hybridized carbons (Fsp3) is 0.542. The molecule has 0 spiro atoms. The minimum absolute atomic E-state index is 0.00425. The summed E-state index contributed by atoms with van der Waals surface area (Å²) in [6.45, 7) is 23.4. The van der Waals surface area contributed by atoms with Crippen molar-refractivity contribution in [2.75, 3.05) is 0 Å². The standard InChI is InChI=1S/C24H34O5.C24H32O4/c1-15-13-17(3)21(23(26)27)19(14-15)11-8-12-20-22(29-24(5,6)28-20)16(2)9-7-10-18(4)25;1-15-13-17(3)21-19(14-15)11-8-12-20-22(28-24(5,6)27-20)16(2)9-7-10-18(4)26-23(21)25/h7-9,11,13-14,16,18,20,22,25H,10,12H2,1-6H3,(H,26,27);7-9,11,13-14,16,18,20,22H,10,12H2,1-6H3/b2*9-7-,11-8+/t2*16?,18-,20?,22?/m10/s1. The molecule has 0 aromatic heterocycles. The number of benzene rings is 2. The lowest BCUT2D eigenvalue weighted by molar-refractivity contribution is -0.148. The molecule has 2 saturated heterocycles. The number of aromatic carboxylic acids is 1. The van der Waals surface area contributed by atoms with Crippen molar-refractivity contribution in [3.63, 3.8) is 0 Å². The third-order valence-corrected chi connectivity index (χ3v) is 10.4. The Kier molecular flexibility index (Phi) is 15.9. The second kappa shape index (κ2) is 19.7. The van der Waals surface area contributed by atoms with Crippen LogP contribution in [-0.2, 0) is 23.7 Å². The summed E-state index contributed by atoms with van der Waals surface area (Å²) in [4.78, 5) is 24.5. The molecule has 2 aromatic rings. The van der Waals surface area contributed by atoms with E-state index in [0.717, 1.165) is 34.2 Å². The molecule has 0 saturated carbocycles. The fourth-order valence-electron chi connectivity index (χ4n) is 7.96. The number of ether oxygens (including phenoxy) is 5. The van der Waals surface area contributed by atoms with E-state index >= 15 is 0 Å². The third kappa shape index (κ3) is 13.1. The Labute approximate surface area is 340 Å². The average Bonchev–Trinajstić information content (AvgIpc) is 3.57. The number of carbonyl (C=O) groups excluding carboxylic acids is 1. The van der Waals surface area contributed by atoms with Gasteiger partial charge < -0.3 is 33.9 Å². The van der Waals surface area contributed by atoms with Crippen molar-refractivity contribution < 1.29 is 43.5 Å². The maximum atomic E-state index is 12.8. The first kappa shape index (κ1) is 45.8. The molecule has 2 fully saturated rings. The zero-order valence-corrected chi connectivity index (χ0v) is 36.1. The second-order valence-corrected chi connectivity index (χ2v) is 17.1. The number of fused-ring (bicyclic) bond motifs is 2. The van der Waals surface area contributed by atoms with Crippen LogP contribution in [0.1, 0.15) is 135 Å². The van der Waals surface area contributed by atoms with Gasteiger partial charge in [-0.05, 0) is 111 Å². The van der Waals surface area contributed by atoms with Gasteiger partial charge >= 0.3 is 11.9 Å². The molecule has 0 bridgehead atoms. The van der Waals surface area contributed by atoms with Crippen molar-refractivity contribution in [1.82, 2.24) is 0 Å². The van der Waals surface area contributed by atoms with Gasteiger partial charge in [-0.2, -0.15) is 0 Å². The van der Waals surface area contributed by atoms with E-state index in [4.69, 9.17) is 23.7 Å². The first-order valence-corrected chi connectivity index (χ1v) is 20.4. The molecule has 3 aliphatic heterocycles. The van der Waals surface area contributed by atoms with Gasteiger partial charge in [-0.25, -0.2) is 9.59 Å². The topological polar surface area (TPSA) is 121 Å². The largest absolute Gasteiger partial charge is 0.478 e. The van der Waals surface area contributed by atoms with Gasteiger partial charge in [0.2, 0.25) is 0 Å². The number of aryl methyl sites for hydroxylation is 4. The minimum atomic E-state index is -0.918. The summed E-state index contributed by atoms with van der Waals surface area (Å²) in [7, 11) is 0. The summed E-state index contributed by atoms with van der Waals surface area (Å²) in [6, 6.07) is 7.83. The first-order chi connectivity index (χ1) is 26.7. The van der Waals surface area contributed by atoms with E-state index in [0.29, 0.717) is 36.0 Å². The van der Waals surface area contributed by atoms with E-state index < -0.39 is 17.5 Å². The zero-order valence-electron chi connectivity index (χ0n) is 36.1. The van der Waals surface area contributed by atoms with Crippen molar-refractivity contribution in [3.8, 4) is 0 Å². The highest BCUT2D eigenvalue weighted by atomic mass is 16.8. The molecule has 2 N–H and O–H groups in total. The predicted octanol–water partition coefficient (Wildman–Crippen LogP) is 10.3. The van der Waals surface area contributed by atoms with Crippen molar-refractivity contribution in [3.05, 3.63) is 105 Å². The van der Waals surface area contributed by atoms with E-state index in [1.807, 2.05) is 111 Å². The lowest BCUT2D eigenvalue weighted by Crippen LogP contribution is -2.28. The van der Waals surface area contributed by atoms with Gasteiger partial charge in [0.05, 0.1) is 41.6 Å². The van der Waals surface area contributed by atoms with Crippen LogP contribution in [0, 0.1) is 39.5 Å². The van der Waals surface area contributed by atoms with Gasteiger partial charge in [0, 0.05) is 18.3 Å². The van der Waals surface area contributed by atoms with Crippen LogP contribution in [0.15, 0.2) is 60.7 Å². The van der Waals surface area contributed by atoms with Gasteiger partial charge in [0.25, 0.3) is 0 Å². The average molecular weight is 787 g/mol. The lowest BCUT2D eigenvalue weighted by Gasteiger charge is -2.21. The maximum absolute atomic E-state index is 12.8. The van der Waals surface area contributed by atoms with E-state index in [2.05, 4.69) is 38.2 Å². The quantitative estimate of drug-likeness (QED) is 0.199. The summed E-state index contributed by atoms with van der Waals surface area (Å²) in [5.41, 5.74) is 6.42. The molecule has 2 aromatic carbocycles. The molecule has 312 valence electrons. The van der Waals surface area contributed by atoms with Crippen molar-refractivity contribution in [2.45, 2.75) is 157 Å². The van der Waals surface area contributed by atoms with E-state index in [9.17, 15) is 19.8 Å². The molecule has 3 heterocycles. The number of rotatable bonds is 8. The molecular formula is C48H66O9. The first-order valence-electron chi connectivity index (χ1n) is 20.4. The molecule has 57 heavy (non-hydrogen) atoms. The molecule has 6 unspecified atom stereocenters. The second-order valence-electron chi connectivity index (χ2n) is 17.1. The Hall–Kier alpha value is -3.86. The number of carbonyl (C=O) groups is 2. The van der Waals surface area contributed by atoms with Gasteiger partial charge in [-0.15, -0.1) is 0 Å². The molecule has 3 aliphatic rings. The van der Waals surface area contributed by atoms with Crippen LogP contribution in [0.5, 0.6) is 0 Å². The Balaban J connectivity index is 0.000000253. The van der Waals surface area contributed by atoms with Crippen LogP contribution in [0.4, 0.5) is 0 Å². The van der Waals surface area contributed by atoms with Crippen molar-refractivity contribution in [1.29, 1.82) is 0 Å². The molecular weight excluding hydrogens is 721 g/mol. The third-order valence-electron chi connectivity index (χ3n) is 10.4. The molecule has 9 heteroatoms. The smallest absolute Gasteiger partial charge is 0.339 e. The van der Waals surface area contributed by atoms with Gasteiger partial charge in [-0.1, -0.05) is 97.8 Å². The number of aliphatic hydroxyl groups excluding tert-OH is 1. The molecule has 8 atom stereocenters. The summed E-state index contributed by atoms with van der Waals surface area (Å²) in [6.07, 6.45) is 18.0. The predicted molar refractivity (Wildman–Crippen MR) is 226 cm³/mol. The summed E-state index contributed by atoms with van der Waals surface area (Å²) >= 11 is 0. The Bertz CT molecular complexity index is 1830. The number of carboxylic acid groups (broad SMARTS) is 1. The van der Waals surface area contributed by atoms with E-state index in [-0.39, 0.29) is 54.4 Å². The maximum Gasteiger partial charge on any atom is 0.339 e. The van der Waals surface area contributed by atoms with Crippen LogP contribution in [0.25, 0.3) is 12.2 Å². The number of carboxylic acids is 1. The number of hydrogen-bond donors (Lipinski definition) is 2. The Morgan fingerprint density at radius 3 is 2.23 bits per heavy atom. The number of aliphatic hydroxyl groups is 1. The number of esters is 1. The van der Waals surface area contributed by atoms with Crippen LogP contribution >= 0.6 is 0 Å². The minimum Gasteiger partial charge on any atom is -0.478 e. The highest BCUT2D eigenvalue weighted by molar-refractivity contribution is 5.95. The van der Waals surface area contributed by atoms with E-state index in [1.54, 1.807) is 6.92 Å². The summed E-state index contributed by atoms with van der Waals surface area (Å²) < 4.78 is 30.3. The van der Waals surface area contributed by atoms with E-state index in [1.165, 1.54) is 0 Å². The van der Waals surface area contributed by atoms with Crippen LogP contribution in [0.2, 0.25) is 0 Å². The molecule has 0 radical (unpaired) electrons. The SMILES string of the molecule is Cc1cc(C)c(C(=O)O)c(/C=C/CC2OC(C)(C)OC2C(C)/C=C\C[C@@H](C)O)c1.Cc1cc(C)c2c(c1)/C=C/CC1OC(C)(C)OC1C(C)/C=C\C[C@H](C)OC2=O. The van der Waals surface area contributed by atoms with Crippen LogP contribution in [0.3, 0.4) is 0 Å². The molecule has 0 amide bonds. The zero-order chi connectivity index (χ0) is 42.2. The monoisotopic (exact) mass is 786 g/mol. The number of hydrogen-bond acceptors (Lipinski definition) is 8. The lowest BCUT2D eigenvalue weighted by atomic mass is 9.95. The Morgan fingerprint density at radius 1 is 0.877 bits per heavy atom.